The average Bonchev–Trinajstić information content (AvgIpc) is 2.12. The molecule has 0 saturated heterocycles. The molecule has 0 unspecified atom stereocenters. The molecule has 70 valence electrons. The zero-order chi connectivity index (χ0) is 10.3. The van der Waals surface area contributed by atoms with E-state index in [-0.39, 0.29) is 12.2 Å². The van der Waals surface area contributed by atoms with E-state index in [1.807, 2.05) is 6.07 Å². The summed E-state index contributed by atoms with van der Waals surface area (Å²) in [6.45, 7) is 3.19. The largest absolute Gasteiger partial charge is 0.302 e. The molecule has 1 atom stereocenters. The van der Waals surface area contributed by atoms with Crippen molar-refractivity contribution in [3.8, 4) is 6.07 Å². The minimum absolute atomic E-state index is 0.00264. The summed E-state index contributed by atoms with van der Waals surface area (Å²) in [5.41, 5.74) is -1.15. The summed E-state index contributed by atoms with van der Waals surface area (Å²) in [5, 5.41) is 8.78. The molecule has 0 radical (unpaired) electrons. The maximum Gasteiger partial charge on any atom is 0.141 e. The number of hydrogen-bond acceptors (Lipinski definition) is 3. The maximum atomic E-state index is 10.8. The second-order valence-electron chi connectivity index (χ2n) is 3.04. The first-order valence-electron chi connectivity index (χ1n) is 4.08. The topological polar surface area (TPSA) is 57.9 Å². The molecule has 0 saturated carbocycles. The van der Waals surface area contributed by atoms with Crippen LogP contribution in [0.4, 0.5) is 0 Å². The van der Waals surface area contributed by atoms with Gasteiger partial charge in [-0.25, -0.2) is 0 Å². The normalized spacial score (nSPS) is 14.8. The molecule has 0 aliphatic heterocycles. The van der Waals surface area contributed by atoms with Crippen LogP contribution in [0.1, 0.15) is 26.7 Å². The fraction of sp³-hybridized carbons (Fsp3) is 0.500. The van der Waals surface area contributed by atoms with Gasteiger partial charge in [-0.2, -0.15) is 5.26 Å². The van der Waals surface area contributed by atoms with Gasteiger partial charge in [-0.3, -0.25) is 4.79 Å². The average molecular weight is 179 g/mol. The van der Waals surface area contributed by atoms with Crippen molar-refractivity contribution in [2.75, 3.05) is 0 Å². The SMILES string of the molecule is C/C=C/C[C@](C#N)(C=O)CC(C)=O. The molecule has 0 aliphatic carbocycles. The van der Waals surface area contributed by atoms with Gasteiger partial charge in [0.15, 0.2) is 0 Å². The lowest BCUT2D eigenvalue weighted by Crippen LogP contribution is -2.22. The van der Waals surface area contributed by atoms with Gasteiger partial charge in [0.2, 0.25) is 0 Å². The Kier molecular flexibility index (Phi) is 4.68. The number of ketones is 1. The number of carbonyl (C=O) groups is 2. The highest BCUT2D eigenvalue weighted by molar-refractivity contribution is 5.82. The van der Waals surface area contributed by atoms with Crippen LogP contribution in [0.15, 0.2) is 12.2 Å². The Morgan fingerprint density at radius 1 is 1.62 bits per heavy atom. The summed E-state index contributed by atoms with van der Waals surface area (Å²) in [7, 11) is 0. The Labute approximate surface area is 78.0 Å². The van der Waals surface area contributed by atoms with Crippen LogP contribution < -0.4 is 0 Å². The van der Waals surface area contributed by atoms with Crippen molar-refractivity contribution in [1.82, 2.24) is 0 Å². The Bertz CT molecular complexity index is 263. The van der Waals surface area contributed by atoms with Gasteiger partial charge in [0.25, 0.3) is 0 Å². The number of carbonyl (C=O) groups excluding carboxylic acids is 2. The van der Waals surface area contributed by atoms with E-state index < -0.39 is 5.41 Å². The molecule has 3 nitrogen and oxygen atoms in total. The van der Waals surface area contributed by atoms with Gasteiger partial charge in [-0.1, -0.05) is 12.2 Å². The predicted molar refractivity (Wildman–Crippen MR) is 48.8 cm³/mol. The predicted octanol–water partition coefficient (Wildman–Crippen LogP) is 1.64. The van der Waals surface area contributed by atoms with Crippen molar-refractivity contribution in [3.05, 3.63) is 12.2 Å². The summed E-state index contributed by atoms with van der Waals surface area (Å²) >= 11 is 0. The maximum absolute atomic E-state index is 10.8. The lowest BCUT2D eigenvalue weighted by Gasteiger charge is -2.15. The highest BCUT2D eigenvalue weighted by Gasteiger charge is 2.29. The molecule has 0 aliphatic rings. The van der Waals surface area contributed by atoms with Gasteiger partial charge >= 0.3 is 0 Å². The molecule has 0 N–H and O–H groups in total. The van der Waals surface area contributed by atoms with Crippen molar-refractivity contribution in [1.29, 1.82) is 5.26 Å². The standard InChI is InChI=1S/C10H13NO2/c1-3-4-5-10(7-11,8-12)6-9(2)13/h3-4,8H,5-6H2,1-2H3/b4-3+/t10-/m0/s1. The number of allylic oxidation sites excluding steroid dienone is 2. The van der Waals surface area contributed by atoms with E-state index in [0.29, 0.717) is 12.7 Å². The van der Waals surface area contributed by atoms with E-state index in [2.05, 4.69) is 0 Å². The summed E-state index contributed by atoms with van der Waals surface area (Å²) in [6, 6.07) is 1.89. The second kappa shape index (κ2) is 5.26. The number of hydrogen-bond donors (Lipinski definition) is 0. The summed E-state index contributed by atoms with van der Waals surface area (Å²) < 4.78 is 0. The van der Waals surface area contributed by atoms with Crippen molar-refractivity contribution in [2.45, 2.75) is 26.7 Å². The lowest BCUT2D eigenvalue weighted by molar-refractivity contribution is -0.123. The van der Waals surface area contributed by atoms with E-state index in [4.69, 9.17) is 5.26 Å². The molecule has 0 spiro atoms. The molecule has 0 rings (SSSR count). The van der Waals surface area contributed by atoms with Crippen molar-refractivity contribution in [3.63, 3.8) is 0 Å². The van der Waals surface area contributed by atoms with Crippen LogP contribution in [-0.2, 0) is 9.59 Å². The Morgan fingerprint density at radius 2 is 2.23 bits per heavy atom. The van der Waals surface area contributed by atoms with Crippen LogP contribution in [0.3, 0.4) is 0 Å². The first-order valence-corrected chi connectivity index (χ1v) is 4.08. The summed E-state index contributed by atoms with van der Waals surface area (Å²) in [6.07, 6.45) is 4.35. The molecule has 0 heterocycles. The van der Waals surface area contributed by atoms with Gasteiger partial charge in [0.1, 0.15) is 17.5 Å². The highest BCUT2D eigenvalue weighted by atomic mass is 16.1. The van der Waals surface area contributed by atoms with Gasteiger partial charge in [0, 0.05) is 6.42 Å². The Balaban J connectivity index is 4.61. The number of nitrogens with zero attached hydrogens (tertiary/aromatic N) is 1. The molecular formula is C10H13NO2. The Morgan fingerprint density at radius 3 is 2.54 bits per heavy atom. The van der Waals surface area contributed by atoms with E-state index in [1.54, 1.807) is 19.1 Å². The first kappa shape index (κ1) is 11.6. The van der Waals surface area contributed by atoms with Crippen LogP contribution in [0, 0.1) is 16.7 Å². The number of aldehydes is 1. The second-order valence-corrected chi connectivity index (χ2v) is 3.04. The number of rotatable bonds is 5. The summed E-state index contributed by atoms with van der Waals surface area (Å²) in [5.74, 6) is -0.141. The minimum atomic E-state index is -1.15. The zero-order valence-corrected chi connectivity index (χ0v) is 7.91. The first-order chi connectivity index (χ1) is 6.10. The molecule has 0 amide bonds. The third-order valence-electron chi connectivity index (χ3n) is 1.73. The van der Waals surface area contributed by atoms with E-state index in [0.717, 1.165) is 0 Å². The molecular weight excluding hydrogens is 166 g/mol. The highest BCUT2D eigenvalue weighted by Crippen LogP contribution is 2.23. The van der Waals surface area contributed by atoms with Crippen molar-refractivity contribution in [2.24, 2.45) is 5.41 Å². The smallest absolute Gasteiger partial charge is 0.141 e. The fourth-order valence-electron chi connectivity index (χ4n) is 1.05. The zero-order valence-electron chi connectivity index (χ0n) is 7.91. The van der Waals surface area contributed by atoms with E-state index in [9.17, 15) is 9.59 Å². The minimum Gasteiger partial charge on any atom is -0.302 e. The molecule has 0 aromatic carbocycles. The third kappa shape index (κ3) is 3.66. The third-order valence-corrected chi connectivity index (χ3v) is 1.73. The van der Waals surface area contributed by atoms with Gasteiger partial charge in [-0.15, -0.1) is 0 Å². The van der Waals surface area contributed by atoms with Crippen LogP contribution in [0.25, 0.3) is 0 Å². The molecule has 0 bridgehead atoms. The van der Waals surface area contributed by atoms with Crippen LogP contribution >= 0.6 is 0 Å². The number of nitriles is 1. The molecule has 0 aromatic heterocycles. The molecule has 13 heavy (non-hydrogen) atoms. The van der Waals surface area contributed by atoms with Crippen LogP contribution in [-0.4, -0.2) is 12.1 Å². The number of Topliss-reactive ketones (excluding diaryl/α,β-unsaturated/α-hetero) is 1. The molecule has 0 fully saturated rings. The van der Waals surface area contributed by atoms with Crippen molar-refractivity contribution >= 4 is 12.1 Å². The van der Waals surface area contributed by atoms with Gasteiger partial charge in [-0.05, 0) is 20.3 Å². The van der Waals surface area contributed by atoms with Gasteiger partial charge in [0.05, 0.1) is 6.07 Å². The van der Waals surface area contributed by atoms with Crippen LogP contribution in [0.5, 0.6) is 0 Å². The summed E-state index contributed by atoms with van der Waals surface area (Å²) in [4.78, 5) is 21.5. The van der Waals surface area contributed by atoms with Crippen LogP contribution in [0.2, 0.25) is 0 Å². The Hall–Kier alpha value is -1.43. The fourth-order valence-corrected chi connectivity index (χ4v) is 1.05. The van der Waals surface area contributed by atoms with Crippen molar-refractivity contribution < 1.29 is 9.59 Å². The molecule has 0 aromatic rings. The lowest BCUT2D eigenvalue weighted by atomic mass is 9.83. The van der Waals surface area contributed by atoms with Gasteiger partial charge < -0.3 is 4.79 Å². The quantitative estimate of drug-likeness (QED) is 0.476. The van der Waals surface area contributed by atoms with E-state index in [1.165, 1.54) is 6.92 Å². The monoisotopic (exact) mass is 179 g/mol. The van der Waals surface area contributed by atoms with E-state index >= 15 is 0 Å². The molecule has 3 heteroatoms.